The van der Waals surface area contributed by atoms with Crippen molar-refractivity contribution in [2.45, 2.75) is 44.8 Å². The summed E-state index contributed by atoms with van der Waals surface area (Å²) in [7, 11) is 0. The highest BCUT2D eigenvalue weighted by Crippen LogP contribution is 2.35. The van der Waals surface area contributed by atoms with Gasteiger partial charge in [-0.05, 0) is 50.3 Å². The summed E-state index contributed by atoms with van der Waals surface area (Å²) in [5.74, 6) is -1.61. The van der Waals surface area contributed by atoms with Crippen LogP contribution in [0.1, 0.15) is 48.1 Å². The number of aryl methyl sites for hydroxylation is 1. The largest absolute Gasteiger partial charge is 0.506 e. The SMILES string of the molecule is C[C@H]1CCc2cc(F)cc3c(O)c(C(=O)NC[C@@H]4CCCO4)c(=O)n1c23. The van der Waals surface area contributed by atoms with Gasteiger partial charge in [0, 0.05) is 24.6 Å². The number of aromatic nitrogens is 1. The maximum absolute atomic E-state index is 14.0. The Hall–Kier alpha value is -2.41. The standard InChI is InChI=1S/C19H21FN2O4/c1-10-4-5-11-7-12(20)8-14-16(11)22(10)19(25)15(17(14)23)18(24)21-9-13-3-2-6-26-13/h7-8,10,13,23H,2-6,9H2,1H3,(H,21,24)/t10-,13-/m0/s1. The first kappa shape index (κ1) is 17.0. The molecule has 0 bridgehead atoms. The van der Waals surface area contributed by atoms with Crippen LogP contribution in [0.25, 0.3) is 10.9 Å². The number of carbonyl (C=O) groups excluding carboxylic acids is 1. The Morgan fingerprint density at radius 3 is 2.96 bits per heavy atom. The fourth-order valence-electron chi connectivity index (χ4n) is 3.99. The number of hydrogen-bond donors (Lipinski definition) is 2. The van der Waals surface area contributed by atoms with E-state index in [1.807, 2.05) is 6.92 Å². The number of carbonyl (C=O) groups is 1. The number of halogens is 1. The number of ether oxygens (including phenoxy) is 1. The van der Waals surface area contributed by atoms with Crippen molar-refractivity contribution in [3.63, 3.8) is 0 Å². The summed E-state index contributed by atoms with van der Waals surface area (Å²) in [5.41, 5.74) is 0.320. The van der Waals surface area contributed by atoms with Crippen molar-refractivity contribution in [3.8, 4) is 5.75 Å². The molecule has 3 heterocycles. The zero-order valence-electron chi connectivity index (χ0n) is 14.5. The first-order valence-corrected chi connectivity index (χ1v) is 8.96. The highest BCUT2D eigenvalue weighted by Gasteiger charge is 2.29. The van der Waals surface area contributed by atoms with E-state index in [1.165, 1.54) is 16.7 Å². The summed E-state index contributed by atoms with van der Waals surface area (Å²) in [6.45, 7) is 2.83. The molecule has 7 heteroatoms. The number of amides is 1. The van der Waals surface area contributed by atoms with Crippen LogP contribution in [0.3, 0.4) is 0 Å². The van der Waals surface area contributed by atoms with Crippen LogP contribution < -0.4 is 10.9 Å². The minimum absolute atomic E-state index is 0.0781. The summed E-state index contributed by atoms with van der Waals surface area (Å²) in [6, 6.07) is 2.44. The highest BCUT2D eigenvalue weighted by atomic mass is 19.1. The number of pyridine rings is 1. The van der Waals surface area contributed by atoms with Crippen LogP contribution in [0, 0.1) is 5.82 Å². The predicted molar refractivity (Wildman–Crippen MR) is 94.2 cm³/mol. The zero-order chi connectivity index (χ0) is 18.4. The molecule has 1 fully saturated rings. The monoisotopic (exact) mass is 360 g/mol. The van der Waals surface area contributed by atoms with E-state index in [-0.39, 0.29) is 29.6 Å². The van der Waals surface area contributed by atoms with Crippen LogP contribution >= 0.6 is 0 Å². The van der Waals surface area contributed by atoms with Gasteiger partial charge in [-0.3, -0.25) is 9.59 Å². The molecule has 0 aliphatic carbocycles. The Kier molecular flexibility index (Phi) is 4.19. The molecule has 2 aliphatic heterocycles. The van der Waals surface area contributed by atoms with Crippen molar-refractivity contribution in [2.75, 3.05) is 13.2 Å². The second-order valence-corrected chi connectivity index (χ2v) is 7.09. The van der Waals surface area contributed by atoms with E-state index >= 15 is 0 Å². The molecule has 26 heavy (non-hydrogen) atoms. The molecule has 1 aromatic heterocycles. The summed E-state index contributed by atoms with van der Waals surface area (Å²) >= 11 is 0. The van der Waals surface area contributed by atoms with Gasteiger partial charge in [0.25, 0.3) is 11.5 Å². The summed E-state index contributed by atoms with van der Waals surface area (Å²) in [5, 5.41) is 13.5. The van der Waals surface area contributed by atoms with Crippen molar-refractivity contribution in [1.29, 1.82) is 0 Å². The van der Waals surface area contributed by atoms with Crippen LogP contribution in [0.5, 0.6) is 5.75 Å². The molecule has 1 saturated heterocycles. The molecular formula is C19H21FN2O4. The number of benzene rings is 1. The van der Waals surface area contributed by atoms with Crippen LogP contribution in [0.4, 0.5) is 4.39 Å². The van der Waals surface area contributed by atoms with Gasteiger partial charge in [0.2, 0.25) is 0 Å². The number of hydrogen-bond acceptors (Lipinski definition) is 4. The van der Waals surface area contributed by atoms with Gasteiger partial charge in [-0.25, -0.2) is 4.39 Å². The number of rotatable bonds is 3. The average Bonchev–Trinajstić information content (AvgIpc) is 3.12. The predicted octanol–water partition coefficient (Wildman–Crippen LogP) is 2.26. The second kappa shape index (κ2) is 6.39. The van der Waals surface area contributed by atoms with Crippen molar-refractivity contribution >= 4 is 16.8 Å². The van der Waals surface area contributed by atoms with E-state index in [0.29, 0.717) is 30.5 Å². The number of aromatic hydroxyl groups is 1. The van der Waals surface area contributed by atoms with Crippen molar-refractivity contribution in [1.82, 2.24) is 9.88 Å². The minimum Gasteiger partial charge on any atom is -0.506 e. The van der Waals surface area contributed by atoms with Gasteiger partial charge in [-0.1, -0.05) is 0 Å². The second-order valence-electron chi connectivity index (χ2n) is 7.09. The van der Waals surface area contributed by atoms with E-state index in [0.717, 1.165) is 12.8 Å². The smallest absolute Gasteiger partial charge is 0.267 e. The minimum atomic E-state index is -0.655. The number of nitrogens with one attached hydrogen (secondary N) is 1. The van der Waals surface area contributed by atoms with Gasteiger partial charge >= 0.3 is 0 Å². The van der Waals surface area contributed by atoms with E-state index in [9.17, 15) is 19.1 Å². The number of nitrogens with zero attached hydrogens (tertiary/aromatic N) is 1. The first-order chi connectivity index (χ1) is 12.5. The molecule has 138 valence electrons. The summed E-state index contributed by atoms with van der Waals surface area (Å²) in [6.07, 6.45) is 3.01. The van der Waals surface area contributed by atoms with Crippen molar-refractivity contribution in [2.24, 2.45) is 0 Å². The third-order valence-corrected chi connectivity index (χ3v) is 5.33. The highest BCUT2D eigenvalue weighted by molar-refractivity contribution is 6.03. The molecule has 1 amide bonds. The normalized spacial score (nSPS) is 21.9. The maximum atomic E-state index is 14.0. The Morgan fingerprint density at radius 2 is 2.23 bits per heavy atom. The van der Waals surface area contributed by atoms with Gasteiger partial charge in [0.1, 0.15) is 17.1 Å². The molecule has 0 unspecified atom stereocenters. The zero-order valence-corrected chi connectivity index (χ0v) is 14.5. The van der Waals surface area contributed by atoms with Gasteiger partial charge in [-0.15, -0.1) is 0 Å². The van der Waals surface area contributed by atoms with Crippen molar-refractivity contribution < 1.29 is 19.0 Å². The van der Waals surface area contributed by atoms with Crippen molar-refractivity contribution in [3.05, 3.63) is 39.4 Å². The quantitative estimate of drug-likeness (QED) is 0.880. The van der Waals surface area contributed by atoms with Crippen LogP contribution in [-0.4, -0.2) is 34.8 Å². The third-order valence-electron chi connectivity index (χ3n) is 5.33. The molecule has 0 spiro atoms. The molecule has 0 saturated carbocycles. The van der Waals surface area contributed by atoms with Crippen LogP contribution in [0.2, 0.25) is 0 Å². The molecule has 4 rings (SSSR count). The Bertz CT molecular complexity index is 947. The van der Waals surface area contributed by atoms with E-state index < -0.39 is 23.0 Å². The molecule has 6 nitrogen and oxygen atoms in total. The molecule has 2 N–H and O–H groups in total. The average molecular weight is 360 g/mol. The molecule has 0 radical (unpaired) electrons. The van der Waals surface area contributed by atoms with Gasteiger partial charge in [0.05, 0.1) is 11.6 Å². The fourth-order valence-corrected chi connectivity index (χ4v) is 3.99. The van der Waals surface area contributed by atoms with E-state index in [4.69, 9.17) is 4.74 Å². The van der Waals surface area contributed by atoms with E-state index in [1.54, 1.807) is 0 Å². The molecule has 2 aromatic rings. The Labute approximate surface area is 149 Å². The molecule has 2 atom stereocenters. The molecule has 1 aromatic carbocycles. The fraction of sp³-hybridized carbons (Fsp3) is 0.474. The first-order valence-electron chi connectivity index (χ1n) is 8.96. The van der Waals surface area contributed by atoms with Crippen LogP contribution in [0.15, 0.2) is 16.9 Å². The molecular weight excluding hydrogens is 339 g/mol. The van der Waals surface area contributed by atoms with Gasteiger partial charge in [-0.2, -0.15) is 0 Å². The third kappa shape index (κ3) is 2.67. The summed E-state index contributed by atoms with van der Waals surface area (Å²) in [4.78, 5) is 25.6. The summed E-state index contributed by atoms with van der Waals surface area (Å²) < 4.78 is 21.0. The lowest BCUT2D eigenvalue weighted by Gasteiger charge is -2.26. The molecule has 2 aliphatic rings. The lowest BCUT2D eigenvalue weighted by molar-refractivity contribution is 0.0854. The van der Waals surface area contributed by atoms with Gasteiger partial charge in [0.15, 0.2) is 0 Å². The lowest BCUT2D eigenvalue weighted by Crippen LogP contribution is -2.38. The van der Waals surface area contributed by atoms with E-state index in [2.05, 4.69) is 5.32 Å². The Morgan fingerprint density at radius 1 is 1.42 bits per heavy atom. The Balaban J connectivity index is 1.82. The topological polar surface area (TPSA) is 80.6 Å². The maximum Gasteiger partial charge on any atom is 0.267 e. The van der Waals surface area contributed by atoms with Gasteiger partial charge < -0.3 is 19.7 Å². The van der Waals surface area contributed by atoms with Crippen LogP contribution in [-0.2, 0) is 11.2 Å². The lowest BCUT2D eigenvalue weighted by atomic mass is 9.95.